The molecule has 1 fully saturated rings. The molecule has 18 heavy (non-hydrogen) atoms. The van der Waals surface area contributed by atoms with Crippen LogP contribution in [0.3, 0.4) is 0 Å². The van der Waals surface area contributed by atoms with E-state index in [0.717, 1.165) is 0 Å². The molecular formula is C16H30N2. The molecular weight excluding hydrogens is 220 g/mol. The van der Waals surface area contributed by atoms with Crippen LogP contribution in [0.4, 0.5) is 0 Å². The van der Waals surface area contributed by atoms with Crippen LogP contribution in [0.15, 0.2) is 11.6 Å². The molecule has 0 aromatic rings. The van der Waals surface area contributed by atoms with Crippen LogP contribution in [0, 0.1) is 0 Å². The number of nitrogens with two attached hydrogens (primary N) is 1. The van der Waals surface area contributed by atoms with Crippen LogP contribution in [0.1, 0.15) is 65.2 Å². The van der Waals surface area contributed by atoms with Crippen LogP contribution >= 0.6 is 0 Å². The summed E-state index contributed by atoms with van der Waals surface area (Å²) in [6, 6.07) is 0.255. The SMILES string of the molecule is CCC(CC)(C(N)C1=CCCCC1)N1CCCC1. The van der Waals surface area contributed by atoms with Gasteiger partial charge in [-0.2, -0.15) is 0 Å². The summed E-state index contributed by atoms with van der Waals surface area (Å²) in [6.07, 6.45) is 12.7. The van der Waals surface area contributed by atoms with Gasteiger partial charge in [-0.15, -0.1) is 0 Å². The van der Waals surface area contributed by atoms with Crippen molar-refractivity contribution in [2.75, 3.05) is 13.1 Å². The average molecular weight is 250 g/mol. The Kier molecular flexibility index (Phi) is 4.85. The predicted octanol–water partition coefficient (Wildman–Crippen LogP) is 3.47. The Hall–Kier alpha value is -0.340. The highest BCUT2D eigenvalue weighted by Crippen LogP contribution is 2.35. The fourth-order valence-corrected chi connectivity index (χ4v) is 3.99. The monoisotopic (exact) mass is 250 g/mol. The van der Waals surface area contributed by atoms with E-state index in [0.29, 0.717) is 0 Å². The Morgan fingerprint density at radius 2 is 1.83 bits per heavy atom. The summed E-state index contributed by atoms with van der Waals surface area (Å²) in [5.41, 5.74) is 8.48. The zero-order chi connectivity index (χ0) is 13.0. The summed E-state index contributed by atoms with van der Waals surface area (Å²) in [6.45, 7) is 7.15. The third-order valence-electron chi connectivity index (χ3n) is 5.26. The molecule has 0 aromatic heterocycles. The molecule has 2 aliphatic rings. The second kappa shape index (κ2) is 6.21. The molecule has 1 unspecified atom stereocenters. The van der Waals surface area contributed by atoms with E-state index in [9.17, 15) is 0 Å². The Balaban J connectivity index is 2.19. The first kappa shape index (κ1) is 14.1. The van der Waals surface area contributed by atoms with Gasteiger partial charge in [0.05, 0.1) is 0 Å². The van der Waals surface area contributed by atoms with Gasteiger partial charge in [0.1, 0.15) is 0 Å². The van der Waals surface area contributed by atoms with Gasteiger partial charge in [0.25, 0.3) is 0 Å². The van der Waals surface area contributed by atoms with Crippen molar-refractivity contribution in [1.82, 2.24) is 4.90 Å². The van der Waals surface area contributed by atoms with E-state index in [1.54, 1.807) is 0 Å². The van der Waals surface area contributed by atoms with Crippen molar-refractivity contribution in [3.05, 3.63) is 11.6 Å². The van der Waals surface area contributed by atoms with Crippen LogP contribution in [-0.2, 0) is 0 Å². The molecule has 1 atom stereocenters. The fraction of sp³-hybridized carbons (Fsp3) is 0.875. The third kappa shape index (κ3) is 2.50. The highest BCUT2D eigenvalue weighted by Gasteiger charge is 2.41. The van der Waals surface area contributed by atoms with Gasteiger partial charge in [-0.1, -0.05) is 25.5 Å². The number of hydrogen-bond acceptors (Lipinski definition) is 2. The topological polar surface area (TPSA) is 29.3 Å². The van der Waals surface area contributed by atoms with Crippen molar-refractivity contribution in [3.8, 4) is 0 Å². The summed E-state index contributed by atoms with van der Waals surface area (Å²) in [5.74, 6) is 0. The van der Waals surface area contributed by atoms with Gasteiger partial charge >= 0.3 is 0 Å². The molecule has 0 bridgehead atoms. The number of allylic oxidation sites excluding steroid dienone is 1. The minimum atomic E-state index is 0.222. The Morgan fingerprint density at radius 3 is 2.33 bits per heavy atom. The highest BCUT2D eigenvalue weighted by molar-refractivity contribution is 5.20. The maximum atomic E-state index is 6.72. The largest absolute Gasteiger partial charge is 0.323 e. The normalized spacial score (nSPS) is 24.1. The standard InChI is InChI=1S/C16H30N2/c1-3-16(4-2,18-12-8-9-13-18)15(17)14-10-6-5-7-11-14/h10,15H,3-9,11-13,17H2,1-2H3. The first-order chi connectivity index (χ1) is 8.74. The van der Waals surface area contributed by atoms with Crippen molar-refractivity contribution in [1.29, 1.82) is 0 Å². The molecule has 0 amide bonds. The van der Waals surface area contributed by atoms with Crippen LogP contribution < -0.4 is 5.73 Å². The van der Waals surface area contributed by atoms with Crippen molar-refractivity contribution in [2.45, 2.75) is 76.8 Å². The summed E-state index contributed by atoms with van der Waals surface area (Å²) in [7, 11) is 0. The molecule has 1 aliphatic carbocycles. The lowest BCUT2D eigenvalue weighted by atomic mass is 9.77. The molecule has 0 spiro atoms. The molecule has 1 heterocycles. The quantitative estimate of drug-likeness (QED) is 0.757. The molecule has 1 saturated heterocycles. The van der Waals surface area contributed by atoms with Crippen LogP contribution in [0.2, 0.25) is 0 Å². The van der Waals surface area contributed by atoms with Crippen LogP contribution in [0.5, 0.6) is 0 Å². The lowest BCUT2D eigenvalue weighted by molar-refractivity contribution is 0.0867. The summed E-state index contributed by atoms with van der Waals surface area (Å²) >= 11 is 0. The van der Waals surface area contributed by atoms with E-state index in [1.807, 2.05) is 0 Å². The number of rotatable bonds is 5. The first-order valence-electron chi connectivity index (χ1n) is 7.94. The van der Waals surface area contributed by atoms with E-state index in [4.69, 9.17) is 5.73 Å². The average Bonchev–Trinajstić information content (AvgIpc) is 2.96. The van der Waals surface area contributed by atoms with Crippen molar-refractivity contribution >= 4 is 0 Å². The number of nitrogens with zero attached hydrogens (tertiary/aromatic N) is 1. The molecule has 2 N–H and O–H groups in total. The molecule has 2 rings (SSSR count). The molecule has 0 saturated carbocycles. The maximum absolute atomic E-state index is 6.72. The molecule has 1 aliphatic heterocycles. The number of hydrogen-bond donors (Lipinski definition) is 1. The van der Waals surface area contributed by atoms with E-state index < -0.39 is 0 Å². The summed E-state index contributed by atoms with van der Waals surface area (Å²) in [4.78, 5) is 2.69. The Morgan fingerprint density at radius 1 is 1.17 bits per heavy atom. The zero-order valence-corrected chi connectivity index (χ0v) is 12.3. The minimum absolute atomic E-state index is 0.222. The molecule has 2 nitrogen and oxygen atoms in total. The van der Waals surface area contributed by atoms with Gasteiger partial charge in [0.15, 0.2) is 0 Å². The Labute approximate surface area is 113 Å². The molecule has 104 valence electrons. The summed E-state index contributed by atoms with van der Waals surface area (Å²) < 4.78 is 0. The van der Waals surface area contributed by atoms with Gasteiger partial charge < -0.3 is 5.73 Å². The van der Waals surface area contributed by atoms with Gasteiger partial charge in [-0.25, -0.2) is 0 Å². The van der Waals surface area contributed by atoms with Gasteiger partial charge in [-0.3, -0.25) is 4.90 Å². The van der Waals surface area contributed by atoms with Gasteiger partial charge in [-0.05, 0) is 64.5 Å². The molecule has 2 heteroatoms. The van der Waals surface area contributed by atoms with E-state index >= 15 is 0 Å². The first-order valence-corrected chi connectivity index (χ1v) is 7.94. The third-order valence-corrected chi connectivity index (χ3v) is 5.26. The smallest absolute Gasteiger partial charge is 0.0441 e. The Bertz CT molecular complexity index is 285. The minimum Gasteiger partial charge on any atom is -0.323 e. The van der Waals surface area contributed by atoms with E-state index in [-0.39, 0.29) is 11.6 Å². The second-order valence-electron chi connectivity index (χ2n) is 6.01. The van der Waals surface area contributed by atoms with Gasteiger partial charge in [0, 0.05) is 11.6 Å². The van der Waals surface area contributed by atoms with E-state index in [2.05, 4.69) is 24.8 Å². The highest BCUT2D eigenvalue weighted by atomic mass is 15.2. The molecule has 0 radical (unpaired) electrons. The predicted molar refractivity (Wildman–Crippen MR) is 78.6 cm³/mol. The second-order valence-corrected chi connectivity index (χ2v) is 6.01. The van der Waals surface area contributed by atoms with Crippen molar-refractivity contribution < 1.29 is 0 Å². The van der Waals surface area contributed by atoms with E-state index in [1.165, 1.54) is 70.0 Å². The number of likely N-dealkylation sites (tertiary alicyclic amines) is 1. The fourth-order valence-electron chi connectivity index (χ4n) is 3.99. The lowest BCUT2D eigenvalue weighted by Gasteiger charge is -2.46. The van der Waals surface area contributed by atoms with Crippen LogP contribution in [0.25, 0.3) is 0 Å². The zero-order valence-electron chi connectivity index (χ0n) is 12.3. The maximum Gasteiger partial charge on any atom is 0.0441 e. The lowest BCUT2D eigenvalue weighted by Crippen LogP contribution is -2.59. The van der Waals surface area contributed by atoms with Gasteiger partial charge in [0.2, 0.25) is 0 Å². The molecule has 0 aromatic carbocycles. The summed E-state index contributed by atoms with van der Waals surface area (Å²) in [5, 5.41) is 0. The van der Waals surface area contributed by atoms with Crippen LogP contribution in [-0.4, -0.2) is 29.6 Å². The van der Waals surface area contributed by atoms with Crippen molar-refractivity contribution in [3.63, 3.8) is 0 Å². The van der Waals surface area contributed by atoms with Crippen molar-refractivity contribution in [2.24, 2.45) is 5.73 Å².